The minimum absolute atomic E-state index is 0.475. The van der Waals surface area contributed by atoms with E-state index in [1.54, 1.807) is 20.8 Å². The van der Waals surface area contributed by atoms with Crippen LogP contribution in [-0.2, 0) is 14.3 Å². The van der Waals surface area contributed by atoms with E-state index in [0.29, 0.717) is 13.0 Å². The van der Waals surface area contributed by atoms with Gasteiger partial charge >= 0.3 is 6.09 Å². The molecule has 1 rings (SSSR count). The molecule has 1 atom stereocenters. The van der Waals surface area contributed by atoms with Gasteiger partial charge < -0.3 is 19.6 Å². The van der Waals surface area contributed by atoms with Crippen molar-refractivity contribution < 1.29 is 19.1 Å². The van der Waals surface area contributed by atoms with Crippen LogP contribution >= 0.6 is 0 Å². The topological polar surface area (TPSA) is 64.6 Å². The number of nitrogens with one attached hydrogen (secondary N) is 1. The van der Waals surface area contributed by atoms with E-state index >= 15 is 0 Å². The monoisotopic (exact) mass is 255 g/mol. The van der Waals surface area contributed by atoms with Crippen molar-refractivity contribution in [3.63, 3.8) is 0 Å². The summed E-state index contributed by atoms with van der Waals surface area (Å²) in [5, 5.41) is 2.54. The average Bonchev–Trinajstić information content (AvgIpc) is 2.27. The predicted octanol–water partition coefficient (Wildman–Crippen LogP) is 1.82. The third-order valence-corrected chi connectivity index (χ3v) is 2.33. The van der Waals surface area contributed by atoms with Gasteiger partial charge in [-0.05, 0) is 39.2 Å². The van der Waals surface area contributed by atoms with Crippen molar-refractivity contribution in [2.45, 2.75) is 45.3 Å². The van der Waals surface area contributed by atoms with Crippen LogP contribution < -0.4 is 5.32 Å². The Morgan fingerprint density at radius 2 is 2.33 bits per heavy atom. The van der Waals surface area contributed by atoms with Gasteiger partial charge in [0.1, 0.15) is 11.9 Å². The molecule has 0 bridgehead atoms. The Bertz CT molecular complexity index is 330. The molecule has 0 spiro atoms. The first-order valence-corrected chi connectivity index (χ1v) is 6.11. The second-order valence-electron chi connectivity index (χ2n) is 5.30. The zero-order chi connectivity index (χ0) is 13.6. The van der Waals surface area contributed by atoms with Crippen molar-refractivity contribution >= 4 is 12.4 Å². The summed E-state index contributed by atoms with van der Waals surface area (Å²) in [6.45, 7) is 6.58. The number of carbonyl (C=O) groups is 2. The molecule has 18 heavy (non-hydrogen) atoms. The van der Waals surface area contributed by atoms with E-state index in [1.165, 1.54) is 0 Å². The number of alkyl carbamates (subject to hydrolysis) is 1. The fourth-order valence-corrected chi connectivity index (χ4v) is 1.63. The summed E-state index contributed by atoms with van der Waals surface area (Å²) in [4.78, 5) is 22.5. The molecule has 1 aliphatic rings. The van der Waals surface area contributed by atoms with Crippen LogP contribution in [0.1, 0.15) is 33.6 Å². The minimum atomic E-state index is -0.572. The van der Waals surface area contributed by atoms with Gasteiger partial charge in [0.25, 0.3) is 0 Å². The van der Waals surface area contributed by atoms with Crippen molar-refractivity contribution in [3.05, 3.63) is 11.6 Å². The molecule has 1 N–H and O–H groups in total. The first-order chi connectivity index (χ1) is 8.40. The smallest absolute Gasteiger partial charge is 0.408 e. The van der Waals surface area contributed by atoms with Crippen molar-refractivity contribution in [2.75, 3.05) is 13.2 Å². The third kappa shape index (κ3) is 5.82. The zero-order valence-corrected chi connectivity index (χ0v) is 11.2. The van der Waals surface area contributed by atoms with Gasteiger partial charge in [-0.1, -0.05) is 6.08 Å². The fourth-order valence-electron chi connectivity index (χ4n) is 1.63. The van der Waals surface area contributed by atoms with Gasteiger partial charge in [0.2, 0.25) is 0 Å². The molecule has 0 fully saturated rings. The molecule has 0 aromatic carbocycles. The Morgan fingerprint density at radius 3 is 2.83 bits per heavy atom. The van der Waals surface area contributed by atoms with Crippen LogP contribution in [-0.4, -0.2) is 37.2 Å². The van der Waals surface area contributed by atoms with E-state index in [2.05, 4.69) is 11.4 Å². The van der Waals surface area contributed by atoms with Crippen LogP contribution in [0, 0.1) is 0 Å². The summed E-state index contributed by atoms with van der Waals surface area (Å²) < 4.78 is 10.4. The SMILES string of the molecule is CC(C)(C)OC(=O)NC(C=O)CC1=CCCOC1. The summed E-state index contributed by atoms with van der Waals surface area (Å²) in [5.74, 6) is 0. The second kappa shape index (κ2) is 6.54. The van der Waals surface area contributed by atoms with Crippen LogP contribution in [0.5, 0.6) is 0 Å². The highest BCUT2D eigenvalue weighted by molar-refractivity contribution is 5.73. The van der Waals surface area contributed by atoms with E-state index in [-0.39, 0.29) is 0 Å². The van der Waals surface area contributed by atoms with Gasteiger partial charge in [-0.3, -0.25) is 0 Å². The third-order valence-electron chi connectivity index (χ3n) is 2.33. The van der Waals surface area contributed by atoms with E-state index in [1.807, 2.05) is 0 Å². The summed E-state index contributed by atoms with van der Waals surface area (Å²) in [5.41, 5.74) is 0.472. The highest BCUT2D eigenvalue weighted by atomic mass is 16.6. The zero-order valence-electron chi connectivity index (χ0n) is 11.2. The molecule has 5 nitrogen and oxygen atoms in total. The number of ether oxygens (including phenoxy) is 2. The van der Waals surface area contributed by atoms with Gasteiger partial charge in [0.15, 0.2) is 0 Å². The van der Waals surface area contributed by atoms with E-state index in [4.69, 9.17) is 9.47 Å². The van der Waals surface area contributed by atoms with Crippen molar-refractivity contribution in [1.82, 2.24) is 5.32 Å². The lowest BCUT2D eigenvalue weighted by Crippen LogP contribution is -2.40. The molecular weight excluding hydrogens is 234 g/mol. The fraction of sp³-hybridized carbons (Fsp3) is 0.692. The van der Waals surface area contributed by atoms with Crippen LogP contribution in [0.3, 0.4) is 0 Å². The minimum Gasteiger partial charge on any atom is -0.444 e. The largest absolute Gasteiger partial charge is 0.444 e. The Hall–Kier alpha value is -1.36. The molecule has 102 valence electrons. The molecular formula is C13H21NO4. The molecule has 5 heteroatoms. The van der Waals surface area contributed by atoms with E-state index < -0.39 is 17.7 Å². The maximum atomic E-state index is 11.5. The Morgan fingerprint density at radius 1 is 1.61 bits per heavy atom. The number of rotatable bonds is 4. The number of carbonyl (C=O) groups excluding carboxylic acids is 2. The lowest BCUT2D eigenvalue weighted by atomic mass is 10.1. The molecule has 0 aliphatic carbocycles. The van der Waals surface area contributed by atoms with E-state index in [9.17, 15) is 9.59 Å². The van der Waals surface area contributed by atoms with Gasteiger partial charge in [0.05, 0.1) is 19.3 Å². The Balaban J connectivity index is 2.44. The van der Waals surface area contributed by atoms with Crippen molar-refractivity contribution in [3.8, 4) is 0 Å². The van der Waals surface area contributed by atoms with E-state index in [0.717, 1.165) is 24.9 Å². The maximum absolute atomic E-state index is 11.5. The molecule has 0 saturated carbocycles. The number of hydrogen-bond acceptors (Lipinski definition) is 4. The first kappa shape index (κ1) is 14.7. The number of hydrogen-bond donors (Lipinski definition) is 1. The number of amides is 1. The van der Waals surface area contributed by atoms with Crippen LogP contribution in [0.25, 0.3) is 0 Å². The lowest BCUT2D eigenvalue weighted by molar-refractivity contribution is -0.109. The molecule has 1 heterocycles. The molecule has 0 aromatic rings. The molecule has 0 saturated heterocycles. The van der Waals surface area contributed by atoms with Crippen LogP contribution in [0.4, 0.5) is 4.79 Å². The van der Waals surface area contributed by atoms with Crippen LogP contribution in [0.15, 0.2) is 11.6 Å². The molecule has 0 radical (unpaired) electrons. The first-order valence-electron chi connectivity index (χ1n) is 6.11. The van der Waals surface area contributed by atoms with Gasteiger partial charge in [-0.15, -0.1) is 0 Å². The van der Waals surface area contributed by atoms with Crippen molar-refractivity contribution in [1.29, 1.82) is 0 Å². The Labute approximate surface area is 108 Å². The average molecular weight is 255 g/mol. The standard InChI is InChI=1S/C13H21NO4/c1-13(2,3)18-12(16)14-11(8-15)7-10-5-4-6-17-9-10/h5,8,11H,4,6-7,9H2,1-3H3,(H,14,16). The summed E-state index contributed by atoms with van der Waals surface area (Å²) in [7, 11) is 0. The summed E-state index contributed by atoms with van der Waals surface area (Å²) >= 11 is 0. The molecule has 1 unspecified atom stereocenters. The van der Waals surface area contributed by atoms with Crippen LogP contribution in [0.2, 0.25) is 0 Å². The molecule has 1 amide bonds. The Kier molecular flexibility index (Phi) is 5.34. The summed E-state index contributed by atoms with van der Waals surface area (Å²) in [6, 6.07) is -0.562. The predicted molar refractivity (Wildman–Crippen MR) is 67.4 cm³/mol. The number of aldehydes is 1. The lowest BCUT2D eigenvalue weighted by Gasteiger charge is -2.22. The van der Waals surface area contributed by atoms with Gasteiger partial charge in [-0.2, -0.15) is 0 Å². The highest BCUT2D eigenvalue weighted by Gasteiger charge is 2.20. The quantitative estimate of drug-likeness (QED) is 0.614. The second-order valence-corrected chi connectivity index (χ2v) is 5.30. The van der Waals surface area contributed by atoms with Crippen molar-refractivity contribution in [2.24, 2.45) is 0 Å². The summed E-state index contributed by atoms with van der Waals surface area (Å²) in [6.07, 6.45) is 3.53. The molecule has 1 aliphatic heterocycles. The highest BCUT2D eigenvalue weighted by Crippen LogP contribution is 2.12. The maximum Gasteiger partial charge on any atom is 0.408 e. The van der Waals surface area contributed by atoms with Gasteiger partial charge in [-0.25, -0.2) is 4.79 Å². The van der Waals surface area contributed by atoms with Gasteiger partial charge in [0, 0.05) is 0 Å². The molecule has 0 aromatic heterocycles. The normalized spacial score (nSPS) is 17.6.